The molecule has 0 saturated heterocycles. The second-order valence-electron chi connectivity index (χ2n) is 5.38. The highest BCUT2D eigenvalue weighted by atomic mass is 16.2. The van der Waals surface area contributed by atoms with Crippen molar-refractivity contribution in [1.29, 1.82) is 0 Å². The molecule has 1 heterocycles. The van der Waals surface area contributed by atoms with Crippen LogP contribution in [-0.2, 0) is 9.59 Å². The lowest BCUT2D eigenvalue weighted by Crippen LogP contribution is -2.35. The van der Waals surface area contributed by atoms with Crippen molar-refractivity contribution in [2.75, 3.05) is 5.32 Å². The van der Waals surface area contributed by atoms with E-state index in [1.807, 2.05) is 48.5 Å². The zero-order valence-electron chi connectivity index (χ0n) is 13.3. The number of guanidine groups is 1. The van der Waals surface area contributed by atoms with Gasteiger partial charge >= 0.3 is 0 Å². The fourth-order valence-electron chi connectivity index (χ4n) is 2.26. The van der Waals surface area contributed by atoms with Gasteiger partial charge in [0.25, 0.3) is 5.91 Å². The highest BCUT2D eigenvalue weighted by molar-refractivity contribution is 6.07. The Morgan fingerprint density at radius 1 is 1.12 bits per heavy atom. The maximum Gasteiger partial charge on any atom is 0.252 e. The van der Waals surface area contributed by atoms with Crippen LogP contribution in [0.1, 0.15) is 12.0 Å². The summed E-state index contributed by atoms with van der Waals surface area (Å²) in [6.07, 6.45) is 1.58. The second kappa shape index (κ2) is 7.87. The Labute approximate surface area is 144 Å². The third-order valence-electron chi connectivity index (χ3n) is 3.45. The summed E-state index contributed by atoms with van der Waals surface area (Å²) >= 11 is 0. The van der Waals surface area contributed by atoms with Crippen LogP contribution in [0.2, 0.25) is 0 Å². The van der Waals surface area contributed by atoms with Crippen molar-refractivity contribution < 1.29 is 9.59 Å². The van der Waals surface area contributed by atoms with Crippen molar-refractivity contribution in [3.8, 4) is 0 Å². The molecular weight excluding hydrogens is 318 g/mol. The molecule has 25 heavy (non-hydrogen) atoms. The number of hydrogen-bond acceptors (Lipinski definition) is 5. The Morgan fingerprint density at radius 3 is 2.52 bits per heavy atom. The number of hydrazone groups is 1. The van der Waals surface area contributed by atoms with Crippen LogP contribution in [0.15, 0.2) is 70.8 Å². The van der Waals surface area contributed by atoms with Crippen LogP contribution in [0.3, 0.4) is 0 Å². The van der Waals surface area contributed by atoms with Gasteiger partial charge < -0.3 is 5.32 Å². The summed E-state index contributed by atoms with van der Waals surface area (Å²) in [5.41, 5.74) is 4.27. The summed E-state index contributed by atoms with van der Waals surface area (Å²) in [4.78, 5) is 28.1. The molecule has 0 bridgehead atoms. The lowest BCUT2D eigenvalue weighted by Gasteiger charge is -2.06. The first-order valence-corrected chi connectivity index (χ1v) is 7.78. The first kappa shape index (κ1) is 16.4. The molecular formula is C18H17N5O2. The zero-order valence-corrected chi connectivity index (χ0v) is 13.3. The predicted molar refractivity (Wildman–Crippen MR) is 96.2 cm³/mol. The van der Waals surface area contributed by atoms with Crippen molar-refractivity contribution >= 4 is 29.7 Å². The highest BCUT2D eigenvalue weighted by Crippen LogP contribution is 2.09. The van der Waals surface area contributed by atoms with Gasteiger partial charge in [-0.3, -0.25) is 14.9 Å². The average Bonchev–Trinajstić information content (AvgIpc) is 2.96. The van der Waals surface area contributed by atoms with E-state index in [1.54, 1.807) is 18.3 Å². The third-order valence-corrected chi connectivity index (χ3v) is 3.45. The first-order chi connectivity index (χ1) is 12.2. The van der Waals surface area contributed by atoms with Crippen LogP contribution in [0.25, 0.3) is 0 Å². The minimum atomic E-state index is -0.766. The molecule has 2 aromatic rings. The molecule has 1 aliphatic heterocycles. The molecule has 3 N–H and O–H groups in total. The monoisotopic (exact) mass is 335 g/mol. The fraction of sp³-hybridized carbons (Fsp3) is 0.111. The van der Waals surface area contributed by atoms with E-state index in [4.69, 9.17) is 0 Å². The van der Waals surface area contributed by atoms with Crippen LogP contribution < -0.4 is 16.1 Å². The number of hydrogen-bond donors (Lipinski definition) is 3. The number of nitrogens with one attached hydrogen (secondary N) is 3. The van der Waals surface area contributed by atoms with E-state index < -0.39 is 6.04 Å². The quantitative estimate of drug-likeness (QED) is 0.571. The number of nitrogens with zero attached hydrogens (tertiary/aromatic N) is 2. The molecule has 0 spiro atoms. The maximum absolute atomic E-state index is 12.0. The van der Waals surface area contributed by atoms with Gasteiger partial charge in [-0.25, -0.2) is 10.4 Å². The average molecular weight is 335 g/mol. The molecule has 126 valence electrons. The van der Waals surface area contributed by atoms with Crippen LogP contribution in [0.5, 0.6) is 0 Å². The smallest absolute Gasteiger partial charge is 0.252 e. The molecule has 7 heteroatoms. The molecule has 0 fully saturated rings. The lowest BCUT2D eigenvalue weighted by atomic mass is 10.2. The van der Waals surface area contributed by atoms with E-state index >= 15 is 0 Å². The molecule has 7 nitrogen and oxygen atoms in total. The second-order valence-corrected chi connectivity index (χ2v) is 5.38. The Kier molecular flexibility index (Phi) is 5.16. The number of rotatable bonds is 5. The van der Waals surface area contributed by atoms with Crippen LogP contribution >= 0.6 is 0 Å². The Balaban J connectivity index is 1.53. The van der Waals surface area contributed by atoms with Crippen molar-refractivity contribution in [3.63, 3.8) is 0 Å². The first-order valence-electron chi connectivity index (χ1n) is 7.78. The van der Waals surface area contributed by atoms with E-state index in [0.29, 0.717) is 5.69 Å². The highest BCUT2D eigenvalue weighted by Gasteiger charge is 2.28. The number of para-hydroxylation sites is 1. The van der Waals surface area contributed by atoms with Gasteiger partial charge in [0.1, 0.15) is 6.04 Å². The van der Waals surface area contributed by atoms with Crippen molar-refractivity contribution in [1.82, 2.24) is 10.7 Å². The number of benzene rings is 2. The maximum atomic E-state index is 12.0. The number of aliphatic imine (C=N–C) groups is 1. The van der Waals surface area contributed by atoms with Gasteiger partial charge in [0.2, 0.25) is 11.9 Å². The van der Waals surface area contributed by atoms with Gasteiger partial charge in [0.15, 0.2) is 0 Å². The van der Waals surface area contributed by atoms with Crippen molar-refractivity contribution in [2.24, 2.45) is 10.1 Å². The van der Waals surface area contributed by atoms with Crippen molar-refractivity contribution in [3.05, 3.63) is 66.2 Å². The van der Waals surface area contributed by atoms with E-state index in [2.05, 4.69) is 26.2 Å². The number of anilines is 1. The molecule has 0 aromatic heterocycles. The van der Waals surface area contributed by atoms with E-state index in [-0.39, 0.29) is 24.2 Å². The Bertz CT molecular complexity index is 803. The molecule has 2 amide bonds. The van der Waals surface area contributed by atoms with Gasteiger partial charge in [0.05, 0.1) is 12.6 Å². The topological polar surface area (TPSA) is 94.9 Å². The number of amides is 2. The molecule has 0 unspecified atom stereocenters. The van der Waals surface area contributed by atoms with Crippen LogP contribution in [0, 0.1) is 0 Å². The molecule has 0 saturated carbocycles. The van der Waals surface area contributed by atoms with Gasteiger partial charge in [0, 0.05) is 5.69 Å². The van der Waals surface area contributed by atoms with E-state index in [9.17, 15) is 9.59 Å². The standard InChI is InChI=1S/C18H17N5O2/c24-16(20-14-9-5-2-6-10-14)11-15-17(25)22-18(21-15)23-19-12-13-7-3-1-4-8-13/h1-10,12,15H,11H2,(H,20,24)(H2,21,22,23,25)/b19-12-/t15-/m1/s1. The molecule has 2 aromatic carbocycles. The van der Waals surface area contributed by atoms with Gasteiger partial charge in [-0.15, -0.1) is 0 Å². The number of carbonyl (C=O) groups excluding carboxylic acids is 2. The Hall–Kier alpha value is -3.48. The zero-order chi connectivity index (χ0) is 17.5. The summed E-state index contributed by atoms with van der Waals surface area (Å²) in [7, 11) is 0. The molecule has 3 rings (SSSR count). The minimum Gasteiger partial charge on any atom is -0.326 e. The fourth-order valence-corrected chi connectivity index (χ4v) is 2.26. The largest absolute Gasteiger partial charge is 0.326 e. The van der Waals surface area contributed by atoms with Crippen LogP contribution in [0.4, 0.5) is 5.69 Å². The summed E-state index contributed by atoms with van der Waals surface area (Å²) in [6, 6.07) is 17.8. The SMILES string of the molecule is O=C(C[C@H]1N=C(N/N=C\c2ccccc2)NC1=O)Nc1ccccc1. The predicted octanol–water partition coefficient (Wildman–Crippen LogP) is 1.49. The molecule has 1 atom stereocenters. The van der Waals surface area contributed by atoms with E-state index in [1.165, 1.54) is 0 Å². The van der Waals surface area contributed by atoms with Gasteiger partial charge in [-0.05, 0) is 17.7 Å². The molecule has 0 aliphatic carbocycles. The summed E-state index contributed by atoms with van der Waals surface area (Å²) in [6.45, 7) is 0. The van der Waals surface area contributed by atoms with E-state index in [0.717, 1.165) is 5.56 Å². The van der Waals surface area contributed by atoms with Gasteiger partial charge in [-0.2, -0.15) is 5.10 Å². The summed E-state index contributed by atoms with van der Waals surface area (Å²) < 4.78 is 0. The molecule has 1 aliphatic rings. The lowest BCUT2D eigenvalue weighted by molar-refractivity contribution is -0.123. The minimum absolute atomic E-state index is 0.0334. The summed E-state index contributed by atoms with van der Waals surface area (Å²) in [5, 5.41) is 9.31. The summed E-state index contributed by atoms with van der Waals surface area (Å²) in [5.74, 6) is -0.376. The van der Waals surface area contributed by atoms with Crippen LogP contribution in [-0.4, -0.2) is 30.0 Å². The third kappa shape index (κ3) is 4.74. The van der Waals surface area contributed by atoms with Gasteiger partial charge in [-0.1, -0.05) is 48.5 Å². The normalized spacial score (nSPS) is 16.4. The van der Waals surface area contributed by atoms with Crippen molar-refractivity contribution in [2.45, 2.75) is 12.5 Å². The number of carbonyl (C=O) groups is 2. The Morgan fingerprint density at radius 2 is 1.80 bits per heavy atom. The molecule has 0 radical (unpaired) electrons.